The van der Waals surface area contributed by atoms with Crippen LogP contribution in [0.1, 0.15) is 18.5 Å². The Morgan fingerprint density at radius 3 is 2.81 bits per heavy atom. The van der Waals surface area contributed by atoms with Gasteiger partial charge < -0.3 is 15.8 Å². The first-order valence-corrected chi connectivity index (χ1v) is 7.12. The quantitative estimate of drug-likeness (QED) is 0.812. The minimum absolute atomic E-state index is 0.206. The third-order valence-corrected chi connectivity index (χ3v) is 3.86. The molecule has 0 unspecified atom stereocenters. The lowest BCUT2D eigenvalue weighted by atomic mass is 9.81. The summed E-state index contributed by atoms with van der Waals surface area (Å²) >= 11 is 0. The largest absolute Gasteiger partial charge is 0.388 e. The predicted octanol–water partition coefficient (Wildman–Crippen LogP) is 1.50. The number of para-hydroxylation sites is 2. The van der Waals surface area contributed by atoms with Gasteiger partial charge in [-0.3, -0.25) is 4.98 Å². The number of nitrogens with one attached hydrogen (secondary N) is 1. The molecule has 1 aromatic carbocycles. The summed E-state index contributed by atoms with van der Waals surface area (Å²) in [5, 5.41) is 3.31. The van der Waals surface area contributed by atoms with Gasteiger partial charge in [-0.25, -0.2) is 4.98 Å². The fourth-order valence-electron chi connectivity index (χ4n) is 2.48. The van der Waals surface area contributed by atoms with E-state index in [0.717, 1.165) is 41.4 Å². The first-order chi connectivity index (χ1) is 10.3. The van der Waals surface area contributed by atoms with Gasteiger partial charge in [0.15, 0.2) is 0 Å². The van der Waals surface area contributed by atoms with E-state index >= 15 is 0 Å². The molecule has 0 radical (unpaired) electrons. The topological polar surface area (TPSA) is 80.9 Å². The van der Waals surface area contributed by atoms with Crippen molar-refractivity contribution in [3.63, 3.8) is 0 Å². The van der Waals surface area contributed by atoms with Crippen molar-refractivity contribution in [1.29, 1.82) is 0 Å². The third-order valence-electron chi connectivity index (χ3n) is 3.86. The molecule has 1 heterocycles. The van der Waals surface area contributed by atoms with E-state index in [9.17, 15) is 4.79 Å². The van der Waals surface area contributed by atoms with Crippen LogP contribution in [-0.4, -0.2) is 28.8 Å². The molecule has 1 saturated carbocycles. The maximum Gasteiger partial charge on any atom is 0.123 e. The minimum Gasteiger partial charge on any atom is -0.388 e. The summed E-state index contributed by atoms with van der Waals surface area (Å²) in [6, 6.07) is 8.12. The number of nitrogens with zero attached hydrogens (tertiary/aromatic N) is 2. The Bertz CT molecular complexity index is 677. The summed E-state index contributed by atoms with van der Waals surface area (Å²) in [4.78, 5) is 19.6. The molecule has 1 aliphatic rings. The molecule has 0 saturated heterocycles. The molecular formula is C16H18N4O. The highest BCUT2D eigenvalue weighted by Gasteiger charge is 2.27. The average molecular weight is 282 g/mol. The second-order valence-corrected chi connectivity index (χ2v) is 5.35. The summed E-state index contributed by atoms with van der Waals surface area (Å²) in [6.07, 6.45) is 6.46. The van der Waals surface area contributed by atoms with Crippen molar-refractivity contribution in [1.82, 2.24) is 15.3 Å². The molecule has 5 heteroatoms. The lowest BCUT2D eigenvalue weighted by molar-refractivity contribution is -0.113. The van der Waals surface area contributed by atoms with Crippen LogP contribution >= 0.6 is 0 Å². The standard InChI is InChI=1S/C16H18N4O/c17-7-12(8-18-13-5-11(6-13)10-21)16-9-19-14-3-1-2-4-15(14)20-16/h1-4,8-11,13,18H,5-7,17H2/b12-8+. The zero-order chi connectivity index (χ0) is 14.7. The van der Waals surface area contributed by atoms with Crippen LogP contribution < -0.4 is 11.1 Å². The van der Waals surface area contributed by atoms with E-state index < -0.39 is 0 Å². The van der Waals surface area contributed by atoms with Crippen molar-refractivity contribution in [2.75, 3.05) is 6.54 Å². The molecule has 21 heavy (non-hydrogen) atoms. The molecule has 1 fully saturated rings. The number of aromatic nitrogens is 2. The van der Waals surface area contributed by atoms with E-state index in [1.165, 1.54) is 0 Å². The number of rotatable bonds is 5. The molecule has 5 nitrogen and oxygen atoms in total. The number of aldehydes is 1. The fourth-order valence-corrected chi connectivity index (χ4v) is 2.48. The number of fused-ring (bicyclic) bond motifs is 1. The van der Waals surface area contributed by atoms with Gasteiger partial charge in [0.2, 0.25) is 0 Å². The minimum atomic E-state index is 0.206. The van der Waals surface area contributed by atoms with Gasteiger partial charge in [-0.15, -0.1) is 0 Å². The molecule has 1 aliphatic carbocycles. The summed E-state index contributed by atoms with van der Waals surface area (Å²) in [5.41, 5.74) is 9.26. The van der Waals surface area contributed by atoms with E-state index in [4.69, 9.17) is 5.73 Å². The second kappa shape index (κ2) is 6.01. The van der Waals surface area contributed by atoms with E-state index in [2.05, 4.69) is 15.3 Å². The highest BCUT2D eigenvalue weighted by molar-refractivity contribution is 5.76. The van der Waals surface area contributed by atoms with Crippen LogP contribution in [0.3, 0.4) is 0 Å². The number of carbonyl (C=O) groups excluding carboxylic acids is 1. The monoisotopic (exact) mass is 282 g/mol. The highest BCUT2D eigenvalue weighted by atomic mass is 16.1. The Labute approximate surface area is 123 Å². The normalized spacial score (nSPS) is 21.9. The molecule has 2 aromatic rings. The molecule has 1 aromatic heterocycles. The zero-order valence-electron chi connectivity index (χ0n) is 11.7. The van der Waals surface area contributed by atoms with Crippen molar-refractivity contribution in [3.8, 4) is 0 Å². The van der Waals surface area contributed by atoms with Crippen LogP contribution in [0.4, 0.5) is 0 Å². The summed E-state index contributed by atoms with van der Waals surface area (Å²) < 4.78 is 0. The predicted molar refractivity (Wildman–Crippen MR) is 82.3 cm³/mol. The number of hydrogen-bond acceptors (Lipinski definition) is 5. The van der Waals surface area contributed by atoms with Crippen LogP contribution in [0.15, 0.2) is 36.7 Å². The second-order valence-electron chi connectivity index (χ2n) is 5.35. The fraction of sp³-hybridized carbons (Fsp3) is 0.312. The SMILES string of the molecule is NC/C(=C\NC1CC(C=O)C1)c1cnc2ccccc2n1. The maximum absolute atomic E-state index is 10.6. The molecule has 108 valence electrons. The number of carbonyl (C=O) groups is 1. The number of hydrogen-bond donors (Lipinski definition) is 2. The van der Waals surface area contributed by atoms with Gasteiger partial charge in [0.05, 0.1) is 22.9 Å². The first kappa shape index (κ1) is 13.7. The molecule has 3 rings (SSSR count). The molecule has 0 atom stereocenters. The Balaban J connectivity index is 1.76. The van der Waals surface area contributed by atoms with Crippen molar-refractivity contribution in [2.45, 2.75) is 18.9 Å². The molecule has 3 N–H and O–H groups in total. The number of benzene rings is 1. The molecular weight excluding hydrogens is 264 g/mol. The highest BCUT2D eigenvalue weighted by Crippen LogP contribution is 2.25. The van der Waals surface area contributed by atoms with Gasteiger partial charge in [0, 0.05) is 30.3 Å². The third kappa shape index (κ3) is 2.92. The van der Waals surface area contributed by atoms with Gasteiger partial charge >= 0.3 is 0 Å². The van der Waals surface area contributed by atoms with Gasteiger partial charge in [0.25, 0.3) is 0 Å². The molecule has 0 spiro atoms. The van der Waals surface area contributed by atoms with Crippen LogP contribution in [0.2, 0.25) is 0 Å². The Hall–Kier alpha value is -2.27. The average Bonchev–Trinajstić information content (AvgIpc) is 2.49. The van der Waals surface area contributed by atoms with Crippen molar-refractivity contribution in [2.24, 2.45) is 11.7 Å². The van der Waals surface area contributed by atoms with Crippen LogP contribution in [-0.2, 0) is 4.79 Å². The lowest BCUT2D eigenvalue weighted by Crippen LogP contribution is -2.39. The van der Waals surface area contributed by atoms with Gasteiger partial charge in [-0.1, -0.05) is 12.1 Å². The molecule has 0 bridgehead atoms. The van der Waals surface area contributed by atoms with Gasteiger partial charge in [-0.2, -0.15) is 0 Å². The van der Waals surface area contributed by atoms with Crippen molar-refractivity contribution in [3.05, 3.63) is 42.4 Å². The molecule has 0 aliphatic heterocycles. The lowest BCUT2D eigenvalue weighted by Gasteiger charge is -2.31. The zero-order valence-corrected chi connectivity index (χ0v) is 11.7. The van der Waals surface area contributed by atoms with Gasteiger partial charge in [-0.05, 0) is 25.0 Å². The van der Waals surface area contributed by atoms with Crippen LogP contribution in [0.5, 0.6) is 0 Å². The van der Waals surface area contributed by atoms with E-state index in [-0.39, 0.29) is 5.92 Å². The summed E-state index contributed by atoms with van der Waals surface area (Å²) in [6.45, 7) is 0.393. The van der Waals surface area contributed by atoms with E-state index in [0.29, 0.717) is 12.6 Å². The Kier molecular flexibility index (Phi) is 3.92. The van der Waals surface area contributed by atoms with E-state index in [1.54, 1.807) is 6.20 Å². The summed E-state index contributed by atoms with van der Waals surface area (Å²) in [7, 11) is 0. The number of nitrogens with two attached hydrogens (primary N) is 1. The van der Waals surface area contributed by atoms with Crippen LogP contribution in [0, 0.1) is 5.92 Å². The van der Waals surface area contributed by atoms with Crippen molar-refractivity contribution >= 4 is 22.9 Å². The Morgan fingerprint density at radius 1 is 1.33 bits per heavy atom. The van der Waals surface area contributed by atoms with Crippen molar-refractivity contribution < 1.29 is 4.79 Å². The molecule has 0 amide bonds. The van der Waals surface area contributed by atoms with Gasteiger partial charge in [0.1, 0.15) is 6.29 Å². The first-order valence-electron chi connectivity index (χ1n) is 7.12. The maximum atomic E-state index is 10.6. The Morgan fingerprint density at radius 2 is 2.10 bits per heavy atom. The smallest absolute Gasteiger partial charge is 0.123 e. The van der Waals surface area contributed by atoms with E-state index in [1.807, 2.05) is 30.5 Å². The summed E-state index contributed by atoms with van der Waals surface area (Å²) in [5.74, 6) is 0.206. The van der Waals surface area contributed by atoms with Crippen LogP contribution in [0.25, 0.3) is 16.6 Å².